The van der Waals surface area contributed by atoms with Crippen molar-refractivity contribution in [3.05, 3.63) is 53.6 Å². The number of fused-ring (bicyclic) bond motifs is 1. The summed E-state index contributed by atoms with van der Waals surface area (Å²) < 4.78 is 16.3. The quantitative estimate of drug-likeness (QED) is 0.809. The van der Waals surface area contributed by atoms with Crippen LogP contribution in [0.3, 0.4) is 0 Å². The lowest BCUT2D eigenvalue weighted by molar-refractivity contribution is -0.135. The minimum atomic E-state index is -0.861. The van der Waals surface area contributed by atoms with Crippen LogP contribution in [0.1, 0.15) is 0 Å². The van der Waals surface area contributed by atoms with E-state index in [0.29, 0.717) is 22.3 Å². The Kier molecular flexibility index (Phi) is 5.25. The van der Waals surface area contributed by atoms with E-state index in [1.165, 1.54) is 0 Å². The average Bonchev–Trinajstić information content (AvgIpc) is 2.65. The van der Waals surface area contributed by atoms with E-state index in [2.05, 4.69) is 10.9 Å². The van der Waals surface area contributed by atoms with Crippen molar-refractivity contribution in [2.45, 2.75) is 6.10 Å². The van der Waals surface area contributed by atoms with Crippen molar-refractivity contribution in [1.82, 2.24) is 10.9 Å². The normalized spacial score (nSPS) is 15.2. The molecule has 0 aliphatic carbocycles. The summed E-state index contributed by atoms with van der Waals surface area (Å²) in [5, 5.41) is 0.394. The molecule has 0 bridgehead atoms. The summed E-state index contributed by atoms with van der Waals surface area (Å²) in [4.78, 5) is 23.8. The van der Waals surface area contributed by atoms with Crippen LogP contribution >= 0.6 is 11.6 Å². The summed E-state index contributed by atoms with van der Waals surface area (Å²) >= 11 is 5.92. The van der Waals surface area contributed by atoms with E-state index < -0.39 is 17.9 Å². The van der Waals surface area contributed by atoms with Gasteiger partial charge in [-0.3, -0.25) is 20.4 Å². The summed E-state index contributed by atoms with van der Waals surface area (Å²) in [7, 11) is 0. The molecule has 1 heterocycles. The number of carbonyl (C=O) groups is 2. The van der Waals surface area contributed by atoms with Gasteiger partial charge in [0, 0.05) is 0 Å². The number of benzene rings is 2. The van der Waals surface area contributed by atoms with Crippen LogP contribution in [0.4, 0.5) is 0 Å². The molecule has 0 spiro atoms. The van der Waals surface area contributed by atoms with Gasteiger partial charge in [-0.2, -0.15) is 0 Å². The highest BCUT2D eigenvalue weighted by Crippen LogP contribution is 2.30. The summed E-state index contributed by atoms with van der Waals surface area (Å²) in [6.07, 6.45) is -0.861. The largest absolute Gasteiger partial charge is 0.485 e. The molecule has 130 valence electrons. The van der Waals surface area contributed by atoms with Crippen LogP contribution in [0.5, 0.6) is 17.2 Å². The van der Waals surface area contributed by atoms with Crippen molar-refractivity contribution in [1.29, 1.82) is 0 Å². The molecule has 0 fully saturated rings. The number of carbonyl (C=O) groups excluding carboxylic acids is 2. The number of hydrogen-bond acceptors (Lipinski definition) is 5. The van der Waals surface area contributed by atoms with Crippen LogP contribution in [0.2, 0.25) is 5.02 Å². The van der Waals surface area contributed by atoms with Crippen molar-refractivity contribution in [3.8, 4) is 17.2 Å². The van der Waals surface area contributed by atoms with Crippen LogP contribution in [0.15, 0.2) is 48.5 Å². The molecule has 2 aromatic rings. The number of nitrogens with one attached hydrogen (secondary N) is 2. The number of ether oxygens (including phenoxy) is 3. The van der Waals surface area contributed by atoms with Gasteiger partial charge in [0.15, 0.2) is 18.1 Å². The van der Waals surface area contributed by atoms with Crippen molar-refractivity contribution >= 4 is 23.4 Å². The first-order chi connectivity index (χ1) is 12.1. The van der Waals surface area contributed by atoms with Crippen molar-refractivity contribution in [3.63, 3.8) is 0 Å². The number of hydrazine groups is 1. The van der Waals surface area contributed by atoms with Crippen LogP contribution in [-0.2, 0) is 9.59 Å². The fourth-order valence-corrected chi connectivity index (χ4v) is 2.29. The first-order valence-electron chi connectivity index (χ1n) is 7.48. The topological polar surface area (TPSA) is 85.9 Å². The predicted molar refractivity (Wildman–Crippen MR) is 89.6 cm³/mol. The van der Waals surface area contributed by atoms with E-state index in [9.17, 15) is 9.59 Å². The van der Waals surface area contributed by atoms with E-state index >= 15 is 0 Å². The molecule has 0 unspecified atom stereocenters. The zero-order valence-electron chi connectivity index (χ0n) is 13.0. The van der Waals surface area contributed by atoms with Gasteiger partial charge in [-0.15, -0.1) is 0 Å². The van der Waals surface area contributed by atoms with Crippen LogP contribution in [-0.4, -0.2) is 31.1 Å². The molecule has 1 atom stereocenters. The van der Waals surface area contributed by atoms with Crippen LogP contribution in [0, 0.1) is 0 Å². The SMILES string of the molecule is O=C(COc1ccccc1Cl)NNC(=O)[C@H]1COc2ccccc2O1. The molecule has 7 nitrogen and oxygen atoms in total. The zero-order valence-corrected chi connectivity index (χ0v) is 13.8. The first kappa shape index (κ1) is 16.9. The highest BCUT2D eigenvalue weighted by Gasteiger charge is 2.27. The molecule has 1 aliphatic heterocycles. The number of para-hydroxylation sites is 3. The Hall–Kier alpha value is -2.93. The molecule has 0 radical (unpaired) electrons. The van der Waals surface area contributed by atoms with E-state index in [1.54, 1.807) is 42.5 Å². The highest BCUT2D eigenvalue weighted by atomic mass is 35.5. The van der Waals surface area contributed by atoms with Gasteiger partial charge in [-0.05, 0) is 24.3 Å². The van der Waals surface area contributed by atoms with Crippen LogP contribution < -0.4 is 25.1 Å². The molecule has 2 aromatic carbocycles. The maximum Gasteiger partial charge on any atom is 0.283 e. The van der Waals surface area contributed by atoms with Gasteiger partial charge in [0.25, 0.3) is 11.8 Å². The Labute approximate surface area is 148 Å². The van der Waals surface area contributed by atoms with Gasteiger partial charge in [0.05, 0.1) is 5.02 Å². The van der Waals surface area contributed by atoms with Crippen molar-refractivity contribution < 1.29 is 23.8 Å². The first-order valence-corrected chi connectivity index (χ1v) is 7.86. The van der Waals surface area contributed by atoms with Crippen LogP contribution in [0.25, 0.3) is 0 Å². The number of halogens is 1. The van der Waals surface area contributed by atoms with E-state index in [0.717, 1.165) is 0 Å². The molecule has 0 aromatic heterocycles. The maximum atomic E-state index is 12.0. The highest BCUT2D eigenvalue weighted by molar-refractivity contribution is 6.32. The average molecular weight is 363 g/mol. The molecule has 3 rings (SSSR count). The van der Waals surface area contributed by atoms with E-state index in [-0.39, 0.29) is 13.2 Å². The molecular formula is C17H15ClN2O5. The maximum absolute atomic E-state index is 12.0. The monoisotopic (exact) mass is 362 g/mol. The molecule has 1 aliphatic rings. The summed E-state index contributed by atoms with van der Waals surface area (Å²) in [6.45, 7) is -0.246. The lowest BCUT2D eigenvalue weighted by Gasteiger charge is -2.25. The Morgan fingerprint density at radius 2 is 1.80 bits per heavy atom. The lowest BCUT2D eigenvalue weighted by Crippen LogP contribution is -2.51. The third-order valence-corrected chi connectivity index (χ3v) is 3.63. The number of hydrogen-bond donors (Lipinski definition) is 2. The van der Waals surface area contributed by atoms with Gasteiger partial charge < -0.3 is 14.2 Å². The molecule has 2 amide bonds. The number of rotatable bonds is 4. The summed E-state index contributed by atoms with van der Waals surface area (Å²) in [5.41, 5.74) is 4.53. The Morgan fingerprint density at radius 1 is 1.08 bits per heavy atom. The molecule has 0 saturated carbocycles. The summed E-state index contributed by atoms with van der Waals surface area (Å²) in [6, 6.07) is 13.8. The predicted octanol–water partition coefficient (Wildman–Crippen LogP) is 1.71. The van der Waals surface area contributed by atoms with Gasteiger partial charge >= 0.3 is 0 Å². The fourth-order valence-electron chi connectivity index (χ4n) is 2.10. The molecule has 2 N–H and O–H groups in total. The standard InChI is InChI=1S/C17H15ClN2O5/c18-11-5-1-2-6-12(11)24-10-16(21)19-20-17(22)15-9-23-13-7-3-4-8-14(13)25-15/h1-8,15H,9-10H2,(H,19,21)(H,20,22)/t15-/m1/s1. The van der Waals surface area contributed by atoms with Gasteiger partial charge in [0.2, 0.25) is 6.10 Å². The van der Waals surface area contributed by atoms with Gasteiger partial charge in [-0.1, -0.05) is 35.9 Å². The van der Waals surface area contributed by atoms with Gasteiger partial charge in [0.1, 0.15) is 12.4 Å². The van der Waals surface area contributed by atoms with E-state index in [4.69, 9.17) is 25.8 Å². The smallest absolute Gasteiger partial charge is 0.283 e. The minimum Gasteiger partial charge on any atom is -0.485 e. The minimum absolute atomic E-state index is 0.0504. The molecule has 0 saturated heterocycles. The lowest BCUT2D eigenvalue weighted by atomic mass is 10.2. The molecule has 8 heteroatoms. The summed E-state index contributed by atoms with van der Waals surface area (Å²) in [5.74, 6) is 0.364. The zero-order chi connectivity index (χ0) is 17.6. The Bertz CT molecular complexity index is 783. The Balaban J connectivity index is 1.45. The Morgan fingerprint density at radius 3 is 2.60 bits per heavy atom. The third kappa shape index (κ3) is 4.33. The number of amides is 2. The van der Waals surface area contributed by atoms with Crippen molar-refractivity contribution in [2.24, 2.45) is 0 Å². The molecule has 25 heavy (non-hydrogen) atoms. The second kappa shape index (κ2) is 7.76. The van der Waals surface area contributed by atoms with Gasteiger partial charge in [-0.25, -0.2) is 0 Å². The molecular weight excluding hydrogens is 348 g/mol. The second-order valence-electron chi connectivity index (χ2n) is 5.12. The fraction of sp³-hybridized carbons (Fsp3) is 0.176. The third-order valence-electron chi connectivity index (χ3n) is 3.32. The van der Waals surface area contributed by atoms with E-state index in [1.807, 2.05) is 6.07 Å². The van der Waals surface area contributed by atoms with Crippen molar-refractivity contribution in [2.75, 3.05) is 13.2 Å². The second-order valence-corrected chi connectivity index (χ2v) is 5.53.